The second-order valence-electron chi connectivity index (χ2n) is 3.25. The highest BCUT2D eigenvalue weighted by Gasteiger charge is 2.15. The molecular formula is C11H13NO4S. The molecule has 0 saturated carbocycles. The Morgan fingerprint density at radius 1 is 1.53 bits per heavy atom. The summed E-state index contributed by atoms with van der Waals surface area (Å²) in [7, 11) is 0. The highest BCUT2D eigenvalue weighted by atomic mass is 32.2. The lowest BCUT2D eigenvalue weighted by molar-refractivity contribution is -0.387. The minimum atomic E-state index is -0.444. The predicted molar refractivity (Wildman–Crippen MR) is 65.2 cm³/mol. The van der Waals surface area contributed by atoms with Gasteiger partial charge in [-0.15, -0.1) is 11.8 Å². The molecule has 0 aliphatic rings. The lowest BCUT2D eigenvalue weighted by Gasteiger charge is -2.04. The van der Waals surface area contributed by atoms with Gasteiger partial charge in [0, 0.05) is 6.07 Å². The first-order valence-electron chi connectivity index (χ1n) is 5.05. The van der Waals surface area contributed by atoms with Crippen molar-refractivity contribution >= 4 is 23.4 Å². The highest BCUT2D eigenvalue weighted by Crippen LogP contribution is 2.28. The van der Waals surface area contributed by atoms with Gasteiger partial charge in [-0.1, -0.05) is 6.07 Å². The van der Waals surface area contributed by atoms with Crippen LogP contribution in [0.1, 0.15) is 12.5 Å². The summed E-state index contributed by atoms with van der Waals surface area (Å²) < 4.78 is 4.79. The second kappa shape index (κ2) is 6.24. The molecule has 0 atom stereocenters. The molecule has 0 aliphatic carbocycles. The largest absolute Gasteiger partial charge is 0.466 e. The number of carbonyl (C=O) groups excluding carboxylic acids is 1. The van der Waals surface area contributed by atoms with E-state index in [4.69, 9.17) is 4.74 Å². The molecule has 0 heterocycles. The molecule has 6 heteroatoms. The monoisotopic (exact) mass is 255 g/mol. The van der Waals surface area contributed by atoms with Crippen molar-refractivity contribution in [1.82, 2.24) is 0 Å². The molecule has 1 rings (SSSR count). The number of esters is 1. The van der Waals surface area contributed by atoms with Crippen molar-refractivity contribution in [2.75, 3.05) is 12.9 Å². The van der Waals surface area contributed by atoms with E-state index < -0.39 is 4.92 Å². The number of hydrogen-bond acceptors (Lipinski definition) is 5. The fourth-order valence-corrected chi connectivity index (χ4v) is 1.91. The lowest BCUT2D eigenvalue weighted by atomic mass is 10.1. The Labute approximate surface area is 103 Å². The van der Waals surface area contributed by atoms with Crippen molar-refractivity contribution in [3.8, 4) is 0 Å². The van der Waals surface area contributed by atoms with Gasteiger partial charge in [0.15, 0.2) is 0 Å². The Bertz CT molecular complexity index is 433. The molecule has 0 aromatic heterocycles. The highest BCUT2D eigenvalue weighted by molar-refractivity contribution is 7.98. The van der Waals surface area contributed by atoms with Crippen LogP contribution in [-0.2, 0) is 16.0 Å². The number of rotatable bonds is 5. The van der Waals surface area contributed by atoms with Gasteiger partial charge < -0.3 is 4.74 Å². The van der Waals surface area contributed by atoms with Gasteiger partial charge in [-0.25, -0.2) is 0 Å². The van der Waals surface area contributed by atoms with E-state index in [2.05, 4.69) is 0 Å². The predicted octanol–water partition coefficient (Wildman–Crippen LogP) is 2.42. The lowest BCUT2D eigenvalue weighted by Crippen LogP contribution is -2.07. The number of nitro benzene ring substituents is 1. The number of ether oxygens (including phenoxy) is 1. The third kappa shape index (κ3) is 3.74. The van der Waals surface area contributed by atoms with Gasteiger partial charge in [-0.2, -0.15) is 0 Å². The van der Waals surface area contributed by atoms with Gasteiger partial charge in [0.1, 0.15) is 0 Å². The summed E-state index contributed by atoms with van der Waals surface area (Å²) in [4.78, 5) is 22.2. The average Bonchev–Trinajstić information content (AvgIpc) is 2.29. The number of nitrogens with zero attached hydrogens (tertiary/aromatic N) is 1. The molecule has 1 aromatic rings. The van der Waals surface area contributed by atoms with E-state index in [-0.39, 0.29) is 18.1 Å². The minimum Gasteiger partial charge on any atom is -0.466 e. The number of hydrogen-bond donors (Lipinski definition) is 0. The molecule has 0 saturated heterocycles. The Morgan fingerprint density at radius 2 is 2.24 bits per heavy atom. The van der Waals surface area contributed by atoms with Gasteiger partial charge in [-0.05, 0) is 24.8 Å². The zero-order valence-corrected chi connectivity index (χ0v) is 10.5. The fraction of sp³-hybridized carbons (Fsp3) is 0.364. The summed E-state index contributed by atoms with van der Waals surface area (Å²) in [5.41, 5.74) is 0.618. The first-order chi connectivity index (χ1) is 8.08. The van der Waals surface area contributed by atoms with Crippen molar-refractivity contribution in [3.05, 3.63) is 33.9 Å². The van der Waals surface area contributed by atoms with Crippen LogP contribution in [0.5, 0.6) is 0 Å². The van der Waals surface area contributed by atoms with E-state index in [1.54, 1.807) is 25.3 Å². The van der Waals surface area contributed by atoms with Crippen LogP contribution in [0.4, 0.5) is 5.69 Å². The quantitative estimate of drug-likeness (QED) is 0.350. The molecule has 0 unspecified atom stereocenters. The molecule has 17 heavy (non-hydrogen) atoms. The SMILES string of the molecule is CCOC(=O)Cc1ccc(SC)c([N+](=O)[O-])c1. The van der Waals surface area contributed by atoms with Gasteiger partial charge in [0.2, 0.25) is 0 Å². The second-order valence-corrected chi connectivity index (χ2v) is 4.09. The summed E-state index contributed by atoms with van der Waals surface area (Å²) in [5.74, 6) is -0.376. The maximum atomic E-state index is 11.3. The summed E-state index contributed by atoms with van der Waals surface area (Å²) in [6, 6.07) is 4.77. The van der Waals surface area contributed by atoms with Gasteiger partial charge in [0.05, 0.1) is 22.8 Å². The normalized spacial score (nSPS) is 10.0. The topological polar surface area (TPSA) is 69.4 Å². The van der Waals surface area contributed by atoms with Crippen LogP contribution < -0.4 is 0 Å². The van der Waals surface area contributed by atoms with E-state index in [1.807, 2.05) is 0 Å². The average molecular weight is 255 g/mol. The Morgan fingerprint density at radius 3 is 2.76 bits per heavy atom. The molecule has 1 aromatic carbocycles. The van der Waals surface area contributed by atoms with Crippen LogP contribution in [0.25, 0.3) is 0 Å². The van der Waals surface area contributed by atoms with Crippen LogP contribution in [0.2, 0.25) is 0 Å². The van der Waals surface area contributed by atoms with Crippen LogP contribution >= 0.6 is 11.8 Å². The maximum Gasteiger partial charge on any atom is 0.310 e. The minimum absolute atomic E-state index is 0.0271. The van der Waals surface area contributed by atoms with Gasteiger partial charge in [0.25, 0.3) is 5.69 Å². The third-order valence-electron chi connectivity index (χ3n) is 2.09. The number of thioether (sulfide) groups is 1. The number of nitro groups is 1. The molecular weight excluding hydrogens is 242 g/mol. The smallest absolute Gasteiger partial charge is 0.310 e. The third-order valence-corrected chi connectivity index (χ3v) is 2.88. The van der Waals surface area contributed by atoms with Gasteiger partial charge >= 0.3 is 5.97 Å². The van der Waals surface area contributed by atoms with Crippen LogP contribution in [-0.4, -0.2) is 23.8 Å². The van der Waals surface area contributed by atoms with Crippen molar-refractivity contribution in [3.63, 3.8) is 0 Å². The zero-order valence-electron chi connectivity index (χ0n) is 9.63. The summed E-state index contributed by atoms with van der Waals surface area (Å²) in [5, 5.41) is 10.8. The standard InChI is InChI=1S/C11H13NO4S/c1-3-16-11(13)7-8-4-5-10(17-2)9(6-8)12(14)15/h4-6H,3,7H2,1-2H3. The molecule has 0 bridgehead atoms. The number of carbonyl (C=O) groups is 1. The van der Waals surface area contributed by atoms with Crippen LogP contribution in [0, 0.1) is 10.1 Å². The van der Waals surface area contributed by atoms with Crippen LogP contribution in [0.15, 0.2) is 23.1 Å². The van der Waals surface area contributed by atoms with E-state index in [0.717, 1.165) is 0 Å². The molecule has 0 N–H and O–H groups in total. The molecule has 0 spiro atoms. The zero-order chi connectivity index (χ0) is 12.8. The first-order valence-corrected chi connectivity index (χ1v) is 6.28. The van der Waals surface area contributed by atoms with Crippen molar-refractivity contribution in [1.29, 1.82) is 0 Å². The van der Waals surface area contributed by atoms with Gasteiger partial charge in [-0.3, -0.25) is 14.9 Å². The number of benzene rings is 1. The van der Waals surface area contributed by atoms with E-state index in [1.165, 1.54) is 17.8 Å². The molecule has 92 valence electrons. The Kier molecular flexibility index (Phi) is 4.96. The summed E-state index contributed by atoms with van der Waals surface area (Å²) in [6.07, 6.45) is 1.83. The van der Waals surface area contributed by atoms with Crippen molar-refractivity contribution in [2.24, 2.45) is 0 Å². The molecule has 0 radical (unpaired) electrons. The van der Waals surface area contributed by atoms with E-state index in [9.17, 15) is 14.9 Å². The summed E-state index contributed by atoms with van der Waals surface area (Å²) in [6.45, 7) is 2.03. The molecule has 0 fully saturated rings. The maximum absolute atomic E-state index is 11.3. The first kappa shape index (κ1) is 13.5. The molecule has 0 aliphatic heterocycles. The van der Waals surface area contributed by atoms with E-state index >= 15 is 0 Å². The fourth-order valence-electron chi connectivity index (χ4n) is 1.37. The van der Waals surface area contributed by atoms with Crippen molar-refractivity contribution in [2.45, 2.75) is 18.2 Å². The Hall–Kier alpha value is -1.56. The van der Waals surface area contributed by atoms with Crippen LogP contribution in [0.3, 0.4) is 0 Å². The van der Waals surface area contributed by atoms with Crippen molar-refractivity contribution < 1.29 is 14.5 Å². The Balaban J connectivity index is 2.92. The molecule has 0 amide bonds. The summed E-state index contributed by atoms with van der Waals surface area (Å²) >= 11 is 1.30. The van der Waals surface area contributed by atoms with E-state index in [0.29, 0.717) is 17.1 Å². The molecule has 5 nitrogen and oxygen atoms in total.